The number of hydrogen-bond donors (Lipinski definition) is 2. The van der Waals surface area contributed by atoms with Crippen LogP contribution in [-0.4, -0.2) is 80.3 Å². The fraction of sp³-hybridized carbons (Fsp3) is 0.700. The molecule has 5 heterocycles. The Balaban J connectivity index is 1.24. The zero-order valence-corrected chi connectivity index (χ0v) is 27.1. The third-order valence-corrected chi connectivity index (χ3v) is 12.0. The van der Waals surface area contributed by atoms with Crippen molar-refractivity contribution in [2.75, 3.05) is 18.1 Å². The first-order valence-electron chi connectivity index (χ1n) is 16.5. The first-order chi connectivity index (χ1) is 23.2. The second-order valence-corrected chi connectivity index (χ2v) is 16.1. The van der Waals surface area contributed by atoms with E-state index in [9.17, 15) is 40.0 Å². The second-order valence-electron chi connectivity index (χ2n) is 13.8. The van der Waals surface area contributed by atoms with Crippen molar-refractivity contribution in [3.05, 3.63) is 34.7 Å². The minimum absolute atomic E-state index is 0.00777. The first-order valence-corrected chi connectivity index (χ1v) is 18.3. The molecule has 2 amide bonds. The van der Waals surface area contributed by atoms with Gasteiger partial charge in [-0.15, -0.1) is 0 Å². The first kappa shape index (κ1) is 33.7. The maximum atomic E-state index is 14.2. The van der Waals surface area contributed by atoms with Crippen LogP contribution in [-0.2, 0) is 21.1 Å². The molecule has 2 N–H and O–H groups in total. The summed E-state index contributed by atoms with van der Waals surface area (Å²) in [6.07, 6.45) is -2.15. The number of alkyl halides is 5. The van der Waals surface area contributed by atoms with Gasteiger partial charge >= 0.3 is 6.18 Å². The summed E-state index contributed by atoms with van der Waals surface area (Å²) in [5.74, 6) is -7.72. The Morgan fingerprint density at radius 1 is 1.04 bits per heavy atom. The Bertz CT molecular complexity index is 1840. The molecule has 2 aliphatic carbocycles. The van der Waals surface area contributed by atoms with Gasteiger partial charge in [0.2, 0.25) is 11.8 Å². The Hall–Kier alpha value is -3.77. The number of rotatable bonds is 8. The number of amides is 2. The van der Waals surface area contributed by atoms with Crippen LogP contribution >= 0.6 is 0 Å². The summed E-state index contributed by atoms with van der Waals surface area (Å²) in [4.78, 5) is 35.6. The number of piperidine rings is 1. The van der Waals surface area contributed by atoms with Crippen molar-refractivity contribution in [1.29, 1.82) is 0 Å². The quantitative estimate of drug-likeness (QED) is 0.327. The highest BCUT2D eigenvalue weighted by atomic mass is 32.2. The number of carbonyl (C=O) groups is 2. The van der Waals surface area contributed by atoms with Crippen molar-refractivity contribution in [2.45, 2.75) is 94.2 Å². The molecular formula is C30H35F5N8O5S. The monoisotopic (exact) mass is 714 g/mol. The number of aromatic nitrogens is 6. The normalized spacial score (nSPS) is 25.6. The van der Waals surface area contributed by atoms with E-state index in [1.807, 2.05) is 0 Å². The van der Waals surface area contributed by atoms with E-state index in [-0.39, 0.29) is 85.2 Å². The van der Waals surface area contributed by atoms with Gasteiger partial charge in [0.15, 0.2) is 5.69 Å². The summed E-state index contributed by atoms with van der Waals surface area (Å²) in [5, 5.41) is 17.6. The summed E-state index contributed by atoms with van der Waals surface area (Å²) in [6, 6.07) is -0.862. The summed E-state index contributed by atoms with van der Waals surface area (Å²) < 4.78 is 99.8. The summed E-state index contributed by atoms with van der Waals surface area (Å²) in [7, 11) is -3.27. The van der Waals surface area contributed by atoms with E-state index < -0.39 is 76.4 Å². The molecule has 49 heavy (non-hydrogen) atoms. The van der Waals surface area contributed by atoms with Gasteiger partial charge in [-0.1, -0.05) is 5.16 Å². The lowest BCUT2D eigenvalue weighted by molar-refractivity contribution is -0.183. The molecule has 7 rings (SSSR count). The van der Waals surface area contributed by atoms with Crippen molar-refractivity contribution in [1.82, 2.24) is 40.5 Å². The number of fused-ring (bicyclic) bond motifs is 1. The molecule has 13 nitrogen and oxygen atoms in total. The molecule has 0 radical (unpaired) electrons. The highest BCUT2D eigenvalue weighted by Gasteiger charge is 2.45. The SMILES string of the molecule is O=C(N[C@H](c1cn2nc(C[C@H]3C[C@@H](C(F)(F)F)CNC3=O)c(C3CCS(=O)(=O)CC3)nc2n1)C1CCC(F)(F)CC1)c1nonc1C1CC1. The van der Waals surface area contributed by atoms with Crippen LogP contribution in [0.3, 0.4) is 0 Å². The molecular weight excluding hydrogens is 679 g/mol. The molecule has 2 saturated heterocycles. The lowest BCUT2D eigenvalue weighted by atomic mass is 9.81. The van der Waals surface area contributed by atoms with Crippen LogP contribution in [0.15, 0.2) is 10.8 Å². The van der Waals surface area contributed by atoms with Gasteiger partial charge in [-0.05, 0) is 56.0 Å². The van der Waals surface area contributed by atoms with Crippen LogP contribution < -0.4 is 10.6 Å². The maximum Gasteiger partial charge on any atom is 0.393 e. The number of halogens is 5. The minimum Gasteiger partial charge on any atom is -0.355 e. The molecule has 3 atom stereocenters. The molecule has 0 aromatic carbocycles. The highest BCUT2D eigenvalue weighted by molar-refractivity contribution is 7.91. The molecule has 0 unspecified atom stereocenters. The van der Waals surface area contributed by atoms with E-state index in [0.29, 0.717) is 11.4 Å². The predicted octanol–water partition coefficient (Wildman–Crippen LogP) is 3.83. The molecule has 19 heteroatoms. The van der Waals surface area contributed by atoms with Crippen LogP contribution in [0.2, 0.25) is 0 Å². The van der Waals surface area contributed by atoms with Crippen LogP contribution in [0.4, 0.5) is 22.0 Å². The number of nitrogens with zero attached hydrogens (tertiary/aromatic N) is 6. The zero-order chi connectivity index (χ0) is 34.7. The Labute approximate surface area is 277 Å². The third-order valence-electron chi connectivity index (χ3n) is 10.3. The van der Waals surface area contributed by atoms with E-state index in [0.717, 1.165) is 12.8 Å². The average Bonchev–Trinajstić information content (AvgIpc) is 3.60. The van der Waals surface area contributed by atoms with Gasteiger partial charge < -0.3 is 10.6 Å². The summed E-state index contributed by atoms with van der Waals surface area (Å²) >= 11 is 0. The average molecular weight is 715 g/mol. The van der Waals surface area contributed by atoms with Crippen molar-refractivity contribution < 1.29 is 44.6 Å². The fourth-order valence-electron chi connectivity index (χ4n) is 7.24. The van der Waals surface area contributed by atoms with Gasteiger partial charge in [-0.25, -0.2) is 36.3 Å². The van der Waals surface area contributed by atoms with Crippen LogP contribution in [0.1, 0.15) is 109 Å². The van der Waals surface area contributed by atoms with Crippen molar-refractivity contribution in [2.24, 2.45) is 17.8 Å². The third kappa shape index (κ3) is 7.26. The van der Waals surface area contributed by atoms with E-state index in [1.54, 1.807) is 0 Å². The predicted molar refractivity (Wildman–Crippen MR) is 159 cm³/mol. The van der Waals surface area contributed by atoms with Gasteiger partial charge in [0.25, 0.3) is 11.7 Å². The van der Waals surface area contributed by atoms with Crippen molar-refractivity contribution in [3.8, 4) is 0 Å². The smallest absolute Gasteiger partial charge is 0.355 e. The lowest BCUT2D eigenvalue weighted by Crippen LogP contribution is -2.47. The molecule has 3 aromatic heterocycles. The van der Waals surface area contributed by atoms with Gasteiger partial charge in [-0.3, -0.25) is 9.59 Å². The van der Waals surface area contributed by atoms with Crippen molar-refractivity contribution >= 4 is 27.4 Å². The molecule has 0 spiro atoms. The molecule has 266 valence electrons. The van der Waals surface area contributed by atoms with E-state index in [2.05, 4.69) is 31.0 Å². The van der Waals surface area contributed by atoms with Crippen LogP contribution in [0.5, 0.6) is 0 Å². The highest BCUT2D eigenvalue weighted by Crippen LogP contribution is 2.43. The second kappa shape index (κ2) is 12.5. The lowest BCUT2D eigenvalue weighted by Gasteiger charge is -2.33. The Morgan fingerprint density at radius 3 is 2.41 bits per heavy atom. The van der Waals surface area contributed by atoms with Gasteiger partial charge in [0.05, 0.1) is 46.7 Å². The van der Waals surface area contributed by atoms with Gasteiger partial charge in [0, 0.05) is 43.6 Å². The number of carbonyl (C=O) groups excluding carboxylic acids is 2. The number of sulfone groups is 1. The zero-order valence-electron chi connectivity index (χ0n) is 26.3. The number of hydrogen-bond acceptors (Lipinski definition) is 10. The van der Waals surface area contributed by atoms with Crippen LogP contribution in [0.25, 0.3) is 5.78 Å². The van der Waals surface area contributed by atoms with Gasteiger partial charge in [-0.2, -0.15) is 18.3 Å². The minimum atomic E-state index is -4.51. The largest absolute Gasteiger partial charge is 0.393 e. The van der Waals surface area contributed by atoms with Crippen molar-refractivity contribution in [3.63, 3.8) is 0 Å². The van der Waals surface area contributed by atoms with E-state index in [4.69, 9.17) is 9.61 Å². The standard InChI is InChI=1S/C30H35F5N8O5S/c31-29(32)7-3-16(4-8-29)23(38-27(45)25-24(15-1-2-15)41-48-42-25)21-14-43-28(37-21)39-22(17-5-9-49(46,47)10-6-17)20(40-43)12-18-11-19(30(33,34)35)13-36-26(18)44/h14-19,23H,1-13H2,(H,36,44)(H,38,45)/t18-,19-,23+/m1/s1. The van der Waals surface area contributed by atoms with E-state index in [1.165, 1.54) is 10.7 Å². The topological polar surface area (TPSA) is 174 Å². The Kier molecular flexibility index (Phi) is 8.62. The Morgan fingerprint density at radius 2 is 1.73 bits per heavy atom. The molecule has 0 bridgehead atoms. The molecule has 3 aromatic rings. The van der Waals surface area contributed by atoms with E-state index >= 15 is 0 Å². The number of nitrogens with one attached hydrogen (secondary N) is 2. The molecule has 2 aliphatic heterocycles. The number of imidazole rings is 1. The summed E-state index contributed by atoms with van der Waals surface area (Å²) in [5.41, 5.74) is 1.29. The fourth-order valence-corrected chi connectivity index (χ4v) is 8.74. The molecule has 4 fully saturated rings. The van der Waals surface area contributed by atoms with Gasteiger partial charge in [0.1, 0.15) is 15.5 Å². The maximum absolute atomic E-state index is 14.2. The van der Waals surface area contributed by atoms with Crippen LogP contribution in [0, 0.1) is 17.8 Å². The summed E-state index contributed by atoms with van der Waals surface area (Å²) in [6.45, 7) is -0.519. The molecule has 2 saturated carbocycles. The molecule has 4 aliphatic rings.